The van der Waals surface area contributed by atoms with Gasteiger partial charge in [0.25, 0.3) is 0 Å². The van der Waals surface area contributed by atoms with Crippen LogP contribution in [0, 0.1) is 0 Å². The Kier molecular flexibility index (Phi) is 3.92. The fraction of sp³-hybridized carbons (Fsp3) is 0.214. The van der Waals surface area contributed by atoms with Gasteiger partial charge in [0.1, 0.15) is 12.4 Å². The van der Waals surface area contributed by atoms with Crippen LogP contribution in [0.2, 0.25) is 0 Å². The molecule has 3 rings (SSSR count). The average Bonchev–Trinajstić information content (AvgIpc) is 2.95. The Morgan fingerprint density at radius 1 is 1.19 bits per heavy atom. The van der Waals surface area contributed by atoms with Crippen molar-refractivity contribution in [2.75, 3.05) is 20.3 Å². The van der Waals surface area contributed by atoms with E-state index in [4.69, 9.17) is 14.2 Å². The number of aromatic amines is 1. The van der Waals surface area contributed by atoms with Crippen molar-refractivity contribution in [3.63, 3.8) is 0 Å². The minimum Gasteiger partial charge on any atom is -0.475 e. The van der Waals surface area contributed by atoms with Crippen LogP contribution < -0.4 is 9.47 Å². The van der Waals surface area contributed by atoms with Crippen molar-refractivity contribution in [3.05, 3.63) is 36.7 Å². The summed E-state index contributed by atoms with van der Waals surface area (Å²) in [7, 11) is 1.61. The van der Waals surface area contributed by atoms with Crippen LogP contribution in [0.5, 0.6) is 17.6 Å². The molecule has 0 saturated carbocycles. The van der Waals surface area contributed by atoms with Crippen molar-refractivity contribution in [3.8, 4) is 17.6 Å². The van der Waals surface area contributed by atoms with Crippen LogP contribution in [0.4, 0.5) is 0 Å². The summed E-state index contributed by atoms with van der Waals surface area (Å²) in [6.07, 6.45) is 3.33. The number of methoxy groups -OCH3 is 1. The lowest BCUT2D eigenvalue weighted by Crippen LogP contribution is -2.05. The molecule has 7 nitrogen and oxygen atoms in total. The molecule has 7 heteroatoms. The van der Waals surface area contributed by atoms with E-state index >= 15 is 0 Å². The van der Waals surface area contributed by atoms with Gasteiger partial charge >= 0.3 is 6.01 Å². The van der Waals surface area contributed by atoms with Crippen molar-refractivity contribution >= 4 is 10.9 Å². The van der Waals surface area contributed by atoms with E-state index in [0.29, 0.717) is 24.8 Å². The number of ether oxygens (including phenoxy) is 3. The molecule has 0 aliphatic rings. The van der Waals surface area contributed by atoms with E-state index in [1.807, 2.05) is 18.2 Å². The van der Waals surface area contributed by atoms with Crippen LogP contribution in [-0.2, 0) is 4.74 Å². The number of fused-ring (bicyclic) bond motifs is 1. The zero-order valence-electron chi connectivity index (χ0n) is 11.4. The molecule has 0 spiro atoms. The molecule has 108 valence electrons. The Hall–Kier alpha value is -2.67. The molecule has 0 aliphatic carbocycles. The van der Waals surface area contributed by atoms with Crippen molar-refractivity contribution in [2.45, 2.75) is 0 Å². The van der Waals surface area contributed by atoms with Crippen molar-refractivity contribution in [1.29, 1.82) is 0 Å². The Morgan fingerprint density at radius 2 is 2.14 bits per heavy atom. The molecule has 0 fully saturated rings. The highest BCUT2D eigenvalue weighted by molar-refractivity contribution is 5.79. The van der Waals surface area contributed by atoms with Gasteiger partial charge in [-0.1, -0.05) is 0 Å². The van der Waals surface area contributed by atoms with Crippen LogP contribution in [0.1, 0.15) is 0 Å². The number of hydrogen-bond acceptors (Lipinski definition) is 6. The Labute approximate surface area is 120 Å². The Morgan fingerprint density at radius 3 is 3.05 bits per heavy atom. The summed E-state index contributed by atoms with van der Waals surface area (Å²) in [5.41, 5.74) is 0.889. The smallest absolute Gasteiger partial charge is 0.325 e. The zero-order chi connectivity index (χ0) is 14.5. The molecule has 0 radical (unpaired) electrons. The first-order valence-electron chi connectivity index (χ1n) is 6.41. The molecular formula is C14H14N4O3. The monoisotopic (exact) mass is 286 g/mol. The third kappa shape index (κ3) is 3.26. The predicted octanol–water partition coefficient (Wildman–Crippen LogP) is 2.17. The van der Waals surface area contributed by atoms with Gasteiger partial charge < -0.3 is 14.2 Å². The van der Waals surface area contributed by atoms with Crippen molar-refractivity contribution < 1.29 is 14.2 Å². The molecule has 2 heterocycles. The predicted molar refractivity (Wildman–Crippen MR) is 75.6 cm³/mol. The van der Waals surface area contributed by atoms with Gasteiger partial charge in [-0.2, -0.15) is 10.1 Å². The van der Waals surface area contributed by atoms with Gasteiger partial charge in [0.05, 0.1) is 18.3 Å². The molecule has 0 amide bonds. The van der Waals surface area contributed by atoms with Crippen LogP contribution in [0.15, 0.2) is 36.7 Å². The second-order valence-corrected chi connectivity index (χ2v) is 4.24. The standard InChI is InChI=1S/C14H14N4O3/c1-19-6-7-20-13-4-5-15-14(17-13)21-11-3-2-10-9-16-18-12(10)8-11/h2-5,8-9H,6-7H2,1H3,(H,16,18). The largest absolute Gasteiger partial charge is 0.475 e. The maximum atomic E-state index is 5.62. The van der Waals surface area contributed by atoms with Crippen molar-refractivity contribution in [2.24, 2.45) is 0 Å². The SMILES string of the molecule is COCCOc1ccnc(Oc2ccc3cn[nH]c3c2)n1. The maximum Gasteiger partial charge on any atom is 0.325 e. The number of rotatable bonds is 6. The normalized spacial score (nSPS) is 10.7. The molecule has 0 atom stereocenters. The van der Waals surface area contributed by atoms with Gasteiger partial charge in [0.15, 0.2) is 0 Å². The average molecular weight is 286 g/mol. The maximum absolute atomic E-state index is 5.62. The lowest BCUT2D eigenvalue weighted by atomic mass is 10.2. The number of nitrogens with one attached hydrogen (secondary N) is 1. The summed E-state index contributed by atoms with van der Waals surface area (Å²) in [5.74, 6) is 1.07. The van der Waals surface area contributed by atoms with E-state index in [1.165, 1.54) is 0 Å². The molecule has 0 aliphatic heterocycles. The lowest BCUT2D eigenvalue weighted by molar-refractivity contribution is 0.143. The van der Waals surface area contributed by atoms with Gasteiger partial charge in [0.2, 0.25) is 5.88 Å². The Balaban J connectivity index is 1.72. The number of benzene rings is 1. The van der Waals surface area contributed by atoms with Crippen LogP contribution in [0.3, 0.4) is 0 Å². The Bertz CT molecular complexity index is 729. The first kappa shape index (κ1) is 13.3. The minimum atomic E-state index is 0.226. The summed E-state index contributed by atoms with van der Waals surface area (Å²) in [6.45, 7) is 0.920. The summed E-state index contributed by atoms with van der Waals surface area (Å²) < 4.78 is 15.9. The van der Waals surface area contributed by atoms with Crippen LogP contribution in [-0.4, -0.2) is 40.5 Å². The zero-order valence-corrected chi connectivity index (χ0v) is 11.4. The van der Waals surface area contributed by atoms with E-state index in [1.54, 1.807) is 25.6 Å². The summed E-state index contributed by atoms with van der Waals surface area (Å²) in [6, 6.07) is 7.47. The number of aromatic nitrogens is 4. The molecule has 0 saturated heterocycles. The lowest BCUT2D eigenvalue weighted by Gasteiger charge is -2.07. The molecule has 21 heavy (non-hydrogen) atoms. The number of hydrogen-bond donors (Lipinski definition) is 1. The third-order valence-electron chi connectivity index (χ3n) is 2.77. The van der Waals surface area contributed by atoms with Crippen LogP contribution in [0.25, 0.3) is 10.9 Å². The molecular weight excluding hydrogens is 272 g/mol. The topological polar surface area (TPSA) is 82.1 Å². The second kappa shape index (κ2) is 6.19. The number of nitrogens with zero attached hydrogens (tertiary/aromatic N) is 3. The van der Waals surface area contributed by atoms with E-state index in [2.05, 4.69) is 20.2 Å². The highest BCUT2D eigenvalue weighted by Crippen LogP contribution is 2.23. The number of H-pyrrole nitrogens is 1. The fourth-order valence-electron chi connectivity index (χ4n) is 1.77. The quantitative estimate of drug-likeness (QED) is 0.699. The summed E-state index contributed by atoms with van der Waals surface area (Å²) >= 11 is 0. The van der Waals surface area contributed by atoms with E-state index in [9.17, 15) is 0 Å². The first-order valence-corrected chi connectivity index (χ1v) is 6.41. The molecule has 1 N–H and O–H groups in total. The highest BCUT2D eigenvalue weighted by atomic mass is 16.5. The fourth-order valence-corrected chi connectivity index (χ4v) is 1.77. The van der Waals surface area contributed by atoms with E-state index in [-0.39, 0.29) is 6.01 Å². The van der Waals surface area contributed by atoms with E-state index < -0.39 is 0 Å². The summed E-state index contributed by atoms with van der Waals surface area (Å²) in [5, 5.41) is 7.86. The van der Waals surface area contributed by atoms with Gasteiger partial charge in [-0.05, 0) is 12.1 Å². The molecule has 3 aromatic rings. The molecule has 0 unspecified atom stereocenters. The van der Waals surface area contributed by atoms with Gasteiger partial charge in [-0.25, -0.2) is 4.98 Å². The highest BCUT2D eigenvalue weighted by Gasteiger charge is 2.05. The summed E-state index contributed by atoms with van der Waals surface area (Å²) in [4.78, 5) is 8.23. The third-order valence-corrected chi connectivity index (χ3v) is 2.77. The van der Waals surface area contributed by atoms with Crippen molar-refractivity contribution in [1.82, 2.24) is 20.2 Å². The second-order valence-electron chi connectivity index (χ2n) is 4.24. The first-order chi connectivity index (χ1) is 10.3. The minimum absolute atomic E-state index is 0.226. The van der Waals surface area contributed by atoms with Gasteiger partial charge in [-0.3, -0.25) is 5.10 Å². The molecule has 0 bridgehead atoms. The van der Waals surface area contributed by atoms with Gasteiger partial charge in [0, 0.05) is 30.8 Å². The van der Waals surface area contributed by atoms with Gasteiger partial charge in [-0.15, -0.1) is 0 Å². The van der Waals surface area contributed by atoms with E-state index in [0.717, 1.165) is 10.9 Å². The molecule has 2 aromatic heterocycles. The van der Waals surface area contributed by atoms with Crippen LogP contribution >= 0.6 is 0 Å². The molecule has 1 aromatic carbocycles.